The Kier molecular flexibility index (Phi) is 4.22. The van der Waals surface area contributed by atoms with Gasteiger partial charge in [0.15, 0.2) is 0 Å². The van der Waals surface area contributed by atoms with Crippen LogP contribution in [0, 0.1) is 0 Å². The second-order valence-electron chi connectivity index (χ2n) is 7.02. The molecule has 5 nitrogen and oxygen atoms in total. The molecule has 0 saturated carbocycles. The minimum Gasteiger partial charge on any atom is -0.336 e. The van der Waals surface area contributed by atoms with Crippen LogP contribution in [0.1, 0.15) is 10.4 Å². The van der Waals surface area contributed by atoms with Crippen LogP contribution >= 0.6 is 0 Å². The molecule has 1 fully saturated rings. The van der Waals surface area contributed by atoms with Gasteiger partial charge in [-0.3, -0.25) is 9.78 Å². The number of pyridine rings is 2. The van der Waals surface area contributed by atoms with E-state index in [0.717, 1.165) is 59.1 Å². The van der Waals surface area contributed by atoms with Crippen LogP contribution in [-0.2, 0) is 0 Å². The van der Waals surface area contributed by atoms with Gasteiger partial charge in [-0.1, -0.05) is 36.4 Å². The Balaban J connectivity index is 1.68. The van der Waals surface area contributed by atoms with Gasteiger partial charge < -0.3 is 10.2 Å². The number of hydrogen-bond donors (Lipinski definition) is 1. The molecule has 0 atom stereocenters. The molecule has 4 aromatic rings. The molecule has 3 heterocycles. The highest BCUT2D eigenvalue weighted by atomic mass is 16.2. The molecule has 1 aliphatic heterocycles. The first-order chi connectivity index (χ1) is 13.8. The molecule has 5 heteroatoms. The summed E-state index contributed by atoms with van der Waals surface area (Å²) in [6.45, 7) is 3.15. The van der Waals surface area contributed by atoms with E-state index >= 15 is 0 Å². The lowest BCUT2D eigenvalue weighted by molar-refractivity contribution is 0.0736. The molecule has 28 heavy (non-hydrogen) atoms. The van der Waals surface area contributed by atoms with Gasteiger partial charge in [-0.05, 0) is 18.2 Å². The Morgan fingerprint density at radius 3 is 2.57 bits per heavy atom. The summed E-state index contributed by atoms with van der Waals surface area (Å²) in [4.78, 5) is 24.1. The topological polar surface area (TPSA) is 58.1 Å². The number of fused-ring (bicyclic) bond motifs is 3. The van der Waals surface area contributed by atoms with Crippen molar-refractivity contribution < 1.29 is 4.79 Å². The number of piperazine rings is 1. The summed E-state index contributed by atoms with van der Waals surface area (Å²) >= 11 is 0. The van der Waals surface area contributed by atoms with E-state index in [9.17, 15) is 4.79 Å². The molecule has 0 unspecified atom stereocenters. The number of nitrogens with one attached hydrogen (secondary N) is 1. The van der Waals surface area contributed by atoms with Crippen molar-refractivity contribution in [1.29, 1.82) is 0 Å². The van der Waals surface area contributed by atoms with Crippen molar-refractivity contribution in [2.24, 2.45) is 0 Å². The fourth-order valence-electron chi connectivity index (χ4n) is 3.85. The number of amides is 1. The fraction of sp³-hybridized carbons (Fsp3) is 0.174. The average Bonchev–Trinajstić information content (AvgIpc) is 2.79. The van der Waals surface area contributed by atoms with Gasteiger partial charge in [0.05, 0.1) is 11.2 Å². The third kappa shape index (κ3) is 2.90. The van der Waals surface area contributed by atoms with Gasteiger partial charge in [-0.2, -0.15) is 0 Å². The minimum atomic E-state index is 0.0674. The standard InChI is InChI=1S/C23H20N4O/c28-23(27-12-10-24-11-13-27)17-6-7-18-20-15-25-9-8-19(20)22(26-21(18)14-17)16-4-2-1-3-5-16/h1-9,14-15,24H,10-13H2. The highest BCUT2D eigenvalue weighted by molar-refractivity contribution is 6.11. The Labute approximate surface area is 163 Å². The van der Waals surface area contributed by atoms with Gasteiger partial charge in [-0.15, -0.1) is 0 Å². The number of carbonyl (C=O) groups is 1. The van der Waals surface area contributed by atoms with Crippen LogP contribution in [0.4, 0.5) is 0 Å². The van der Waals surface area contributed by atoms with E-state index in [0.29, 0.717) is 5.56 Å². The zero-order valence-electron chi connectivity index (χ0n) is 15.4. The second kappa shape index (κ2) is 7.02. The largest absolute Gasteiger partial charge is 0.336 e. The third-order valence-electron chi connectivity index (χ3n) is 5.29. The van der Waals surface area contributed by atoms with Crippen molar-refractivity contribution in [2.45, 2.75) is 0 Å². The first kappa shape index (κ1) is 16.8. The maximum absolute atomic E-state index is 12.9. The number of benzene rings is 2. The molecule has 1 aliphatic rings. The summed E-state index contributed by atoms with van der Waals surface area (Å²) in [5.74, 6) is 0.0674. The molecule has 1 saturated heterocycles. The molecular weight excluding hydrogens is 348 g/mol. The van der Waals surface area contributed by atoms with Crippen molar-refractivity contribution in [3.63, 3.8) is 0 Å². The van der Waals surface area contributed by atoms with Gasteiger partial charge in [-0.25, -0.2) is 4.98 Å². The van der Waals surface area contributed by atoms with E-state index in [2.05, 4.69) is 22.4 Å². The first-order valence-corrected chi connectivity index (χ1v) is 9.54. The summed E-state index contributed by atoms with van der Waals surface area (Å²) in [6, 6.07) is 18.0. The zero-order chi connectivity index (χ0) is 18.9. The van der Waals surface area contributed by atoms with Crippen molar-refractivity contribution in [3.8, 4) is 11.3 Å². The predicted molar refractivity (Wildman–Crippen MR) is 111 cm³/mol. The molecule has 0 aliphatic carbocycles. The molecule has 5 rings (SSSR count). The van der Waals surface area contributed by atoms with Gasteiger partial charge in [0, 0.05) is 65.9 Å². The van der Waals surface area contributed by atoms with Gasteiger partial charge in [0.2, 0.25) is 0 Å². The predicted octanol–water partition coefficient (Wildman–Crippen LogP) is 3.50. The van der Waals surface area contributed by atoms with Gasteiger partial charge in [0.25, 0.3) is 5.91 Å². The second-order valence-corrected chi connectivity index (χ2v) is 7.02. The van der Waals surface area contributed by atoms with Crippen molar-refractivity contribution in [3.05, 3.63) is 72.6 Å². The van der Waals surface area contributed by atoms with Gasteiger partial charge >= 0.3 is 0 Å². The lowest BCUT2D eigenvalue weighted by atomic mass is 10.0. The smallest absolute Gasteiger partial charge is 0.254 e. The summed E-state index contributed by atoms with van der Waals surface area (Å²) < 4.78 is 0. The summed E-state index contributed by atoms with van der Waals surface area (Å²) in [5, 5.41) is 6.41. The fourth-order valence-corrected chi connectivity index (χ4v) is 3.85. The Bertz CT molecular complexity index is 1170. The Morgan fingerprint density at radius 1 is 0.929 bits per heavy atom. The highest BCUT2D eigenvalue weighted by Crippen LogP contribution is 2.32. The number of carbonyl (C=O) groups excluding carboxylic acids is 1. The highest BCUT2D eigenvalue weighted by Gasteiger charge is 2.19. The van der Waals surface area contributed by atoms with E-state index in [1.165, 1.54) is 0 Å². The summed E-state index contributed by atoms with van der Waals surface area (Å²) in [5.41, 5.74) is 3.47. The number of nitrogens with zero attached hydrogens (tertiary/aromatic N) is 3. The summed E-state index contributed by atoms with van der Waals surface area (Å²) in [7, 11) is 0. The quantitative estimate of drug-likeness (QED) is 0.550. The maximum Gasteiger partial charge on any atom is 0.254 e. The van der Waals surface area contributed by atoms with E-state index in [1.54, 1.807) is 6.20 Å². The molecule has 0 radical (unpaired) electrons. The summed E-state index contributed by atoms with van der Waals surface area (Å²) in [6.07, 6.45) is 3.67. The molecular formula is C23H20N4O. The van der Waals surface area contributed by atoms with Crippen molar-refractivity contribution in [2.75, 3.05) is 26.2 Å². The SMILES string of the molecule is O=C(c1ccc2c(c1)nc(-c1ccccc1)c1ccncc12)N1CCNCC1. The molecule has 1 N–H and O–H groups in total. The molecule has 0 spiro atoms. The number of rotatable bonds is 2. The molecule has 1 amide bonds. The Morgan fingerprint density at radius 2 is 1.75 bits per heavy atom. The van der Waals surface area contributed by atoms with Crippen LogP contribution in [0.2, 0.25) is 0 Å². The van der Waals surface area contributed by atoms with Crippen LogP contribution in [0.3, 0.4) is 0 Å². The van der Waals surface area contributed by atoms with Crippen molar-refractivity contribution in [1.82, 2.24) is 20.2 Å². The Hall–Kier alpha value is -3.31. The van der Waals surface area contributed by atoms with Crippen molar-refractivity contribution >= 4 is 27.6 Å². The van der Waals surface area contributed by atoms with Crippen LogP contribution in [0.15, 0.2) is 67.0 Å². The number of aromatic nitrogens is 2. The van der Waals surface area contributed by atoms with Crippen LogP contribution < -0.4 is 5.32 Å². The molecule has 138 valence electrons. The monoisotopic (exact) mass is 368 g/mol. The lowest BCUT2D eigenvalue weighted by Crippen LogP contribution is -2.46. The first-order valence-electron chi connectivity index (χ1n) is 9.54. The van der Waals surface area contributed by atoms with E-state index < -0.39 is 0 Å². The maximum atomic E-state index is 12.9. The van der Waals surface area contributed by atoms with Crippen LogP contribution in [0.25, 0.3) is 32.9 Å². The molecule has 2 aromatic heterocycles. The average molecular weight is 368 g/mol. The normalized spacial score (nSPS) is 14.5. The lowest BCUT2D eigenvalue weighted by Gasteiger charge is -2.27. The van der Waals surface area contributed by atoms with E-state index in [4.69, 9.17) is 4.98 Å². The third-order valence-corrected chi connectivity index (χ3v) is 5.29. The van der Waals surface area contributed by atoms with Gasteiger partial charge in [0.1, 0.15) is 0 Å². The number of hydrogen-bond acceptors (Lipinski definition) is 4. The van der Waals surface area contributed by atoms with E-state index in [-0.39, 0.29) is 5.91 Å². The molecule has 0 bridgehead atoms. The van der Waals surface area contributed by atoms with Crippen LogP contribution in [0.5, 0.6) is 0 Å². The van der Waals surface area contributed by atoms with E-state index in [1.807, 2.05) is 53.6 Å². The zero-order valence-corrected chi connectivity index (χ0v) is 15.4. The molecule has 2 aromatic carbocycles. The van der Waals surface area contributed by atoms with Crippen LogP contribution in [-0.4, -0.2) is 47.0 Å². The minimum absolute atomic E-state index is 0.0674.